The molecule has 0 aromatic carbocycles. The van der Waals surface area contributed by atoms with E-state index in [4.69, 9.17) is 11.4 Å². The molecule has 0 fully saturated rings. The molecule has 3 heteroatoms. The third-order valence-corrected chi connectivity index (χ3v) is 0.150. The highest BCUT2D eigenvalue weighted by molar-refractivity contribution is 6.29. The minimum Gasteiger partial charge on any atom is -0.378 e. The van der Waals surface area contributed by atoms with E-state index in [1.807, 2.05) is 0 Å². The zero-order valence-electron chi connectivity index (χ0n) is 1.89. The van der Waals surface area contributed by atoms with E-state index in [0.29, 0.717) is 0 Å². The summed E-state index contributed by atoms with van der Waals surface area (Å²) in [4.78, 5) is 7.55. The molecule has 0 unspecified atom stereocenters. The molecule has 0 aliphatic carbocycles. The topological polar surface area (TPSA) is 24.6 Å². The Bertz CT molecular complexity index is 37.8. The van der Waals surface area contributed by atoms with Gasteiger partial charge in [0.1, 0.15) is 0 Å². The average molecular weight is 71.1 g/mol. The quantitative estimate of drug-likeness (QED) is 0.300. The smallest absolute Gasteiger partial charge is 0.378 e. The number of rotatable bonds is 0. The highest BCUT2D eigenvalue weighted by Crippen LogP contribution is 1.39. The number of hydrogen-bond donors (Lipinski definition) is 1. The van der Waals surface area contributed by atoms with Crippen molar-refractivity contribution in [2.45, 2.75) is 0 Å². The monoisotopic (exact) mass is 71.0 g/mol. The van der Waals surface area contributed by atoms with Crippen LogP contribution in [0.5, 0.6) is 0 Å². The molecule has 2 radical (unpaired) electrons. The van der Waals surface area contributed by atoms with Crippen LogP contribution in [0.3, 0.4) is 0 Å². The maximum atomic E-state index is 7.55. The van der Waals surface area contributed by atoms with E-state index in [-0.39, 0.29) is 0 Å². The van der Waals surface area contributed by atoms with Crippen molar-refractivity contribution in [1.29, 1.82) is 0 Å². The lowest BCUT2D eigenvalue weighted by Gasteiger charge is -1.43. The molecule has 0 bridgehead atoms. The summed E-state index contributed by atoms with van der Waals surface area (Å²) in [5.41, 5.74) is 0. The third kappa shape index (κ3) is 1.67. The summed E-state index contributed by atoms with van der Waals surface area (Å²) < 4.78 is 2.57. The Hall–Kier alpha value is -0.333. The first-order valence-corrected chi connectivity index (χ1v) is 1.57. The van der Waals surface area contributed by atoms with Gasteiger partial charge in [-0.15, -0.1) is 0 Å². The van der Waals surface area contributed by atoms with Crippen LogP contribution in [0, 0.1) is 6.57 Å². The van der Waals surface area contributed by atoms with Crippen LogP contribution in [0.15, 0.2) is 0 Å². The van der Waals surface area contributed by atoms with Gasteiger partial charge < -0.3 is 9.31 Å². The fourth-order valence-electron chi connectivity index (χ4n) is 0. The van der Waals surface area contributed by atoms with Crippen LogP contribution in [-0.2, 0) is 0 Å². The molecule has 2 nitrogen and oxygen atoms in total. The number of nitrogens with zero attached hydrogens (tertiary/aromatic N) is 1. The minimum absolute atomic E-state index is 0.568. The van der Waals surface area contributed by atoms with Crippen molar-refractivity contribution in [2.75, 3.05) is 0 Å². The molecule has 4 heavy (non-hydrogen) atoms. The number of hydrogen-bond acceptors (Lipinski definition) is 1. The third-order valence-electron chi connectivity index (χ3n) is 0.0500. The summed E-state index contributed by atoms with van der Waals surface area (Å²) in [5.74, 6) is 0. The summed E-state index contributed by atoms with van der Waals surface area (Å²) in [6.45, 7) is 5.84. The van der Waals surface area contributed by atoms with Gasteiger partial charge in [0.05, 0.1) is 0 Å². The first-order chi connectivity index (χ1) is 1.91. The highest BCUT2D eigenvalue weighted by atomic mass is 28.2. The molecule has 20 valence electrons. The Labute approximate surface area is 26.9 Å². The Kier molecular flexibility index (Phi) is 2.44. The molecule has 1 N–H and O–H groups in total. The van der Waals surface area contributed by atoms with Crippen molar-refractivity contribution in [1.82, 2.24) is 0 Å². The molecule has 0 heterocycles. The van der Waals surface area contributed by atoms with Crippen molar-refractivity contribution < 1.29 is 4.80 Å². The fourth-order valence-corrected chi connectivity index (χ4v) is 0. The van der Waals surface area contributed by atoms with Crippen molar-refractivity contribution >= 4 is 9.92 Å². The van der Waals surface area contributed by atoms with Crippen molar-refractivity contribution in [3.05, 3.63) is 11.1 Å². The fraction of sp³-hybridized carbons (Fsp3) is 0. The highest BCUT2D eigenvalue weighted by Gasteiger charge is 1.78. The summed E-state index contributed by atoms with van der Waals surface area (Å²) in [6.07, 6.45) is 0. The van der Waals surface area contributed by atoms with Crippen molar-refractivity contribution in [3.63, 3.8) is 0 Å². The predicted octanol–water partition coefficient (Wildman–Crippen LogP) is -0.568. The second kappa shape index (κ2) is 2.67. The van der Waals surface area contributed by atoms with Crippen molar-refractivity contribution in [2.24, 2.45) is 0 Å². The SMILES string of the molecule is [C-]#[N+][Si]O. The maximum absolute atomic E-state index is 7.55. The molecule has 0 aromatic rings. The van der Waals surface area contributed by atoms with Gasteiger partial charge in [0.2, 0.25) is 0 Å². The van der Waals surface area contributed by atoms with Crippen molar-refractivity contribution in [3.8, 4) is 0 Å². The van der Waals surface area contributed by atoms with E-state index in [2.05, 4.69) is 4.51 Å². The molecular weight excluding hydrogens is 70.1 g/mol. The lowest BCUT2D eigenvalue weighted by Crippen LogP contribution is -1.67. The van der Waals surface area contributed by atoms with Crippen LogP contribution >= 0.6 is 0 Å². The van der Waals surface area contributed by atoms with Gasteiger partial charge in [-0.3, -0.25) is 6.57 Å². The first kappa shape index (κ1) is 3.67. The normalized spacial score (nSPS) is 5.00. The van der Waals surface area contributed by atoms with E-state index in [1.54, 1.807) is 0 Å². The van der Waals surface area contributed by atoms with Gasteiger partial charge in [-0.1, -0.05) is 0 Å². The molecule has 0 rings (SSSR count). The Morgan fingerprint density at radius 1 is 2.00 bits per heavy atom. The Morgan fingerprint density at radius 3 is 2.25 bits per heavy atom. The minimum atomic E-state index is -0.568. The van der Waals surface area contributed by atoms with Crippen LogP contribution in [0.4, 0.5) is 0 Å². The summed E-state index contributed by atoms with van der Waals surface area (Å²) in [7, 11) is -0.568. The van der Waals surface area contributed by atoms with E-state index in [1.165, 1.54) is 0 Å². The molecule has 0 aliphatic heterocycles. The van der Waals surface area contributed by atoms with Gasteiger partial charge >= 0.3 is 9.92 Å². The van der Waals surface area contributed by atoms with Gasteiger partial charge in [0, 0.05) is 0 Å². The second-order valence-electron chi connectivity index (χ2n) is 0.212. The van der Waals surface area contributed by atoms with Gasteiger partial charge in [-0.25, -0.2) is 0 Å². The Balaban J connectivity index is 2.43. The molecule has 0 saturated heterocycles. The zero-order valence-corrected chi connectivity index (χ0v) is 2.89. The van der Waals surface area contributed by atoms with Gasteiger partial charge in [-0.2, -0.15) is 0 Å². The second-order valence-corrected chi connectivity index (χ2v) is 0.635. The average Bonchev–Trinajstić information content (AvgIpc) is 1.37. The lowest BCUT2D eigenvalue weighted by atomic mass is 11.9. The van der Waals surface area contributed by atoms with Gasteiger partial charge in [-0.05, 0) is 0 Å². The molecule has 0 saturated carbocycles. The first-order valence-electron chi connectivity index (χ1n) is 0.671. The van der Waals surface area contributed by atoms with Gasteiger partial charge in [0.25, 0.3) is 0 Å². The molecule has 0 spiro atoms. The van der Waals surface area contributed by atoms with E-state index >= 15 is 0 Å². The molecule has 0 aliphatic rings. The maximum Gasteiger partial charge on any atom is 0.811 e. The van der Waals surface area contributed by atoms with E-state index < -0.39 is 9.92 Å². The van der Waals surface area contributed by atoms with Gasteiger partial charge in [0.15, 0.2) is 0 Å². The van der Waals surface area contributed by atoms with E-state index in [0.717, 1.165) is 0 Å². The zero-order chi connectivity index (χ0) is 3.41. The Morgan fingerprint density at radius 2 is 2.25 bits per heavy atom. The molecule has 0 amide bonds. The summed E-state index contributed by atoms with van der Waals surface area (Å²) in [5, 5.41) is 0. The standard InChI is InChI=1S/CHNOSi/c1-2-4-3/h3H. The van der Waals surface area contributed by atoms with Crippen LogP contribution in [0.1, 0.15) is 0 Å². The van der Waals surface area contributed by atoms with Crippen LogP contribution in [-0.4, -0.2) is 14.7 Å². The largest absolute Gasteiger partial charge is 0.811 e. The summed E-state index contributed by atoms with van der Waals surface area (Å²) in [6, 6.07) is 0. The predicted molar refractivity (Wildman–Crippen MR) is 14.6 cm³/mol. The van der Waals surface area contributed by atoms with E-state index in [9.17, 15) is 0 Å². The van der Waals surface area contributed by atoms with Crippen LogP contribution in [0.25, 0.3) is 4.51 Å². The molecular formula is CHNOSi. The lowest BCUT2D eigenvalue weighted by molar-refractivity contribution is 0.614. The summed E-state index contributed by atoms with van der Waals surface area (Å²) >= 11 is 0. The molecule has 0 aromatic heterocycles. The van der Waals surface area contributed by atoms with Crippen LogP contribution in [0.2, 0.25) is 0 Å². The van der Waals surface area contributed by atoms with Crippen LogP contribution < -0.4 is 0 Å². The molecule has 0 atom stereocenters.